The highest BCUT2D eigenvalue weighted by molar-refractivity contribution is 5.62. The fraction of sp³-hybridized carbons (Fsp3) is 0.455. The van der Waals surface area contributed by atoms with Crippen LogP contribution in [-0.4, -0.2) is 52.0 Å². The van der Waals surface area contributed by atoms with Gasteiger partial charge in [0.25, 0.3) is 0 Å². The number of hydrogen-bond acceptors (Lipinski definition) is 5. The summed E-state index contributed by atoms with van der Waals surface area (Å²) in [6.45, 7) is 2.08. The highest BCUT2D eigenvalue weighted by atomic mass is 16.5. The van der Waals surface area contributed by atoms with Crippen LogP contribution in [0.3, 0.4) is 0 Å². The van der Waals surface area contributed by atoms with E-state index >= 15 is 0 Å². The molecule has 3 aliphatic carbocycles. The second kappa shape index (κ2) is 8.32. The van der Waals surface area contributed by atoms with E-state index in [2.05, 4.69) is 76.9 Å². The molecule has 5 nitrogen and oxygen atoms in total. The van der Waals surface area contributed by atoms with Gasteiger partial charge >= 0.3 is 0 Å². The quantitative estimate of drug-likeness (QED) is 0.450. The molecule has 5 atom stereocenters. The van der Waals surface area contributed by atoms with Crippen LogP contribution in [0.5, 0.6) is 11.5 Å². The molecule has 0 unspecified atom stereocenters. The number of aliphatic hydroxyl groups is 1. The van der Waals surface area contributed by atoms with E-state index in [1.807, 2.05) is 0 Å². The standard InChI is InChI=1S/C33H36N2O3/c36-26-14-13-24-19-27-33(37)16-15-25(34-29(22-7-3-1-4-8-22)23-9-5-2-6-10-23)31-32(33,28(24)30(26)38-31)17-18-35(27)20-21-11-12-21/h1-10,13-14,21,25,27,29,31,34,36-37H,11-12,15-20H2/t25-,27+,31-,32-,33+/m0/s1. The van der Waals surface area contributed by atoms with Crippen LogP contribution in [0.15, 0.2) is 72.8 Å². The van der Waals surface area contributed by atoms with Crippen LogP contribution in [0.1, 0.15) is 60.4 Å². The molecule has 196 valence electrons. The smallest absolute Gasteiger partial charge is 0.165 e. The van der Waals surface area contributed by atoms with Gasteiger partial charge in [0.1, 0.15) is 6.10 Å². The largest absolute Gasteiger partial charge is 0.504 e. The van der Waals surface area contributed by atoms with E-state index in [4.69, 9.17) is 4.74 Å². The monoisotopic (exact) mass is 508 g/mol. The van der Waals surface area contributed by atoms with Crippen LogP contribution < -0.4 is 10.1 Å². The maximum absolute atomic E-state index is 12.8. The Bertz CT molecular complexity index is 1320. The fourth-order valence-electron chi connectivity index (χ4n) is 8.54. The van der Waals surface area contributed by atoms with E-state index in [-0.39, 0.29) is 30.0 Å². The number of hydrogen-bond donors (Lipinski definition) is 3. The van der Waals surface area contributed by atoms with E-state index in [1.165, 1.54) is 29.5 Å². The lowest BCUT2D eigenvalue weighted by atomic mass is 9.48. The zero-order valence-electron chi connectivity index (χ0n) is 21.7. The number of phenols is 1. The van der Waals surface area contributed by atoms with Gasteiger partial charge in [-0.2, -0.15) is 0 Å². The third-order valence-corrected chi connectivity index (χ3v) is 10.4. The zero-order chi connectivity index (χ0) is 25.5. The van der Waals surface area contributed by atoms with Crippen molar-refractivity contribution in [3.63, 3.8) is 0 Å². The molecule has 3 aromatic carbocycles. The van der Waals surface area contributed by atoms with E-state index in [1.54, 1.807) is 6.07 Å². The van der Waals surface area contributed by atoms with Crippen molar-refractivity contribution >= 4 is 0 Å². The van der Waals surface area contributed by atoms with E-state index in [0.717, 1.165) is 50.3 Å². The Morgan fingerprint density at radius 2 is 1.63 bits per heavy atom. The summed E-state index contributed by atoms with van der Waals surface area (Å²) in [4.78, 5) is 2.60. The summed E-state index contributed by atoms with van der Waals surface area (Å²) in [5.41, 5.74) is 3.42. The third kappa shape index (κ3) is 3.16. The Kier molecular flexibility index (Phi) is 5.05. The van der Waals surface area contributed by atoms with Crippen molar-refractivity contribution in [1.82, 2.24) is 10.2 Å². The molecule has 0 amide bonds. The van der Waals surface area contributed by atoms with Gasteiger partial charge in [-0.05, 0) is 73.7 Å². The summed E-state index contributed by atoms with van der Waals surface area (Å²) in [5, 5.41) is 27.7. The molecule has 0 radical (unpaired) electrons. The number of rotatable bonds is 6. The zero-order valence-corrected chi connectivity index (χ0v) is 21.7. The first-order valence-electron chi connectivity index (χ1n) is 14.4. The van der Waals surface area contributed by atoms with Crippen LogP contribution >= 0.6 is 0 Å². The molecule has 1 saturated heterocycles. The molecular weight excluding hydrogens is 472 g/mol. The first kappa shape index (κ1) is 23.1. The second-order valence-corrected chi connectivity index (χ2v) is 12.4. The molecule has 3 N–H and O–H groups in total. The molecule has 5 aliphatic rings. The maximum atomic E-state index is 12.8. The lowest BCUT2D eigenvalue weighted by Crippen LogP contribution is -2.78. The van der Waals surface area contributed by atoms with Gasteiger partial charge in [0, 0.05) is 24.2 Å². The molecule has 5 heteroatoms. The number of ether oxygens (including phenoxy) is 1. The van der Waals surface area contributed by atoms with Crippen molar-refractivity contribution in [2.45, 2.75) is 73.8 Å². The van der Waals surface area contributed by atoms with Crippen LogP contribution in [0.25, 0.3) is 0 Å². The Morgan fingerprint density at radius 1 is 0.921 bits per heavy atom. The summed E-state index contributed by atoms with van der Waals surface area (Å²) in [6, 6.07) is 25.3. The summed E-state index contributed by atoms with van der Waals surface area (Å²) in [6.07, 6.45) is 5.67. The number of nitrogens with one attached hydrogen (secondary N) is 1. The minimum absolute atomic E-state index is 0.0136. The van der Waals surface area contributed by atoms with Crippen LogP contribution in [0.4, 0.5) is 0 Å². The Morgan fingerprint density at radius 3 is 2.32 bits per heavy atom. The molecule has 2 bridgehead atoms. The molecular formula is C33H36N2O3. The molecule has 3 aromatic rings. The van der Waals surface area contributed by atoms with Crippen LogP contribution in [0.2, 0.25) is 0 Å². The number of aromatic hydroxyl groups is 1. The molecule has 2 aliphatic heterocycles. The van der Waals surface area contributed by atoms with Gasteiger partial charge in [-0.1, -0.05) is 66.7 Å². The van der Waals surface area contributed by atoms with E-state index in [0.29, 0.717) is 5.75 Å². The Labute approximate surface area is 224 Å². The van der Waals surface area contributed by atoms with Gasteiger partial charge in [0.15, 0.2) is 11.5 Å². The summed E-state index contributed by atoms with van der Waals surface area (Å²) >= 11 is 0. The van der Waals surface area contributed by atoms with Gasteiger partial charge in [-0.15, -0.1) is 0 Å². The predicted octanol–water partition coefficient (Wildman–Crippen LogP) is 4.70. The van der Waals surface area contributed by atoms with Crippen molar-refractivity contribution in [2.24, 2.45) is 5.92 Å². The van der Waals surface area contributed by atoms with Crippen molar-refractivity contribution in [3.8, 4) is 11.5 Å². The van der Waals surface area contributed by atoms with Crippen molar-refractivity contribution in [3.05, 3.63) is 95.1 Å². The number of phenolic OH excluding ortho intramolecular Hbond substituents is 1. The van der Waals surface area contributed by atoms with Gasteiger partial charge in [-0.25, -0.2) is 0 Å². The maximum Gasteiger partial charge on any atom is 0.165 e. The lowest BCUT2D eigenvalue weighted by Gasteiger charge is -2.64. The van der Waals surface area contributed by atoms with Crippen LogP contribution in [0, 0.1) is 5.92 Å². The van der Waals surface area contributed by atoms with Gasteiger partial charge in [0.2, 0.25) is 0 Å². The number of likely N-dealkylation sites (tertiary alicyclic amines) is 1. The molecule has 8 rings (SSSR count). The number of benzene rings is 3. The van der Waals surface area contributed by atoms with E-state index < -0.39 is 11.0 Å². The first-order valence-corrected chi connectivity index (χ1v) is 14.4. The number of nitrogens with zero attached hydrogens (tertiary/aromatic N) is 1. The van der Waals surface area contributed by atoms with Crippen LogP contribution in [-0.2, 0) is 11.8 Å². The highest BCUT2D eigenvalue weighted by Crippen LogP contribution is 2.65. The van der Waals surface area contributed by atoms with Crippen molar-refractivity contribution < 1.29 is 14.9 Å². The molecule has 0 aromatic heterocycles. The lowest BCUT2D eigenvalue weighted by molar-refractivity contribution is -0.192. The normalized spacial score (nSPS) is 33.2. The topological polar surface area (TPSA) is 65.0 Å². The molecule has 1 spiro atoms. The van der Waals surface area contributed by atoms with Gasteiger partial charge < -0.3 is 14.9 Å². The molecule has 2 saturated carbocycles. The van der Waals surface area contributed by atoms with E-state index in [9.17, 15) is 10.2 Å². The number of piperidine rings is 1. The highest BCUT2D eigenvalue weighted by Gasteiger charge is 2.73. The average Bonchev–Trinajstić information content (AvgIpc) is 3.69. The second-order valence-electron chi connectivity index (χ2n) is 12.4. The predicted molar refractivity (Wildman–Crippen MR) is 146 cm³/mol. The molecule has 38 heavy (non-hydrogen) atoms. The Balaban J connectivity index is 1.22. The summed E-state index contributed by atoms with van der Waals surface area (Å²) < 4.78 is 6.80. The fourth-order valence-corrected chi connectivity index (χ4v) is 8.54. The average molecular weight is 509 g/mol. The minimum Gasteiger partial charge on any atom is -0.504 e. The van der Waals surface area contributed by atoms with Gasteiger partial charge in [-0.3, -0.25) is 10.2 Å². The summed E-state index contributed by atoms with van der Waals surface area (Å²) in [5.74, 6) is 1.61. The molecule has 2 heterocycles. The molecule has 3 fully saturated rings. The minimum atomic E-state index is -0.857. The first-order chi connectivity index (χ1) is 18.6. The summed E-state index contributed by atoms with van der Waals surface area (Å²) in [7, 11) is 0. The van der Waals surface area contributed by atoms with Crippen molar-refractivity contribution in [2.75, 3.05) is 13.1 Å². The van der Waals surface area contributed by atoms with Gasteiger partial charge in [0.05, 0.1) is 17.1 Å². The SMILES string of the molecule is Oc1ccc2c3c1O[C@H]1[C@@H](NC(c4ccccc4)c4ccccc4)CC[C@@]4(O)[C@@H](C2)N(CC2CC2)CC[C@]314. The third-order valence-electron chi connectivity index (χ3n) is 10.4. The Hall–Kier alpha value is -2.86. The van der Waals surface area contributed by atoms with Crippen molar-refractivity contribution in [1.29, 1.82) is 0 Å².